The van der Waals surface area contributed by atoms with Crippen molar-refractivity contribution in [2.75, 3.05) is 20.8 Å². The van der Waals surface area contributed by atoms with Crippen molar-refractivity contribution < 1.29 is 14.3 Å². The van der Waals surface area contributed by atoms with Crippen LogP contribution in [0.5, 0.6) is 11.5 Å². The summed E-state index contributed by atoms with van der Waals surface area (Å²) in [6.45, 7) is -0.0156. The lowest BCUT2D eigenvalue weighted by Gasteiger charge is -2.15. The second-order valence-electron chi connectivity index (χ2n) is 4.10. The summed E-state index contributed by atoms with van der Waals surface area (Å²) < 4.78 is 10.7. The Kier molecular flexibility index (Phi) is 3.33. The van der Waals surface area contributed by atoms with E-state index in [4.69, 9.17) is 15.2 Å². The third-order valence-corrected chi connectivity index (χ3v) is 3.22. The minimum atomic E-state index is -0.116. The molecule has 0 fully saturated rings. The molecule has 0 aliphatic heterocycles. The molecule has 92 valence electrons. The smallest absolute Gasteiger partial charge is 0.180 e. The summed E-state index contributed by atoms with van der Waals surface area (Å²) in [6.07, 6.45) is 2.98. The number of Topliss-reactive ketones (excluding diaryl/α,β-unsaturated/α-hetero) is 1. The molecule has 17 heavy (non-hydrogen) atoms. The Morgan fingerprint density at radius 1 is 1.29 bits per heavy atom. The number of nitrogens with two attached hydrogens (primary N) is 1. The van der Waals surface area contributed by atoms with Crippen molar-refractivity contribution in [2.24, 2.45) is 5.73 Å². The SMILES string of the molecule is COc1cc(C(=O)CN)c(OC)c2c1CCC2. The molecule has 2 rings (SSSR count). The highest BCUT2D eigenvalue weighted by molar-refractivity contribution is 6.01. The largest absolute Gasteiger partial charge is 0.496 e. The van der Waals surface area contributed by atoms with Gasteiger partial charge in [-0.15, -0.1) is 0 Å². The van der Waals surface area contributed by atoms with Crippen LogP contribution in [0.2, 0.25) is 0 Å². The Bertz CT molecular complexity index is 454. The zero-order valence-electron chi connectivity index (χ0n) is 10.2. The number of methoxy groups -OCH3 is 2. The number of fused-ring (bicyclic) bond motifs is 1. The van der Waals surface area contributed by atoms with Crippen molar-refractivity contribution in [2.45, 2.75) is 19.3 Å². The fraction of sp³-hybridized carbons (Fsp3) is 0.462. The number of carbonyl (C=O) groups is 1. The number of hydrogen-bond donors (Lipinski definition) is 1. The van der Waals surface area contributed by atoms with E-state index >= 15 is 0 Å². The van der Waals surface area contributed by atoms with Crippen LogP contribution in [-0.4, -0.2) is 26.5 Å². The van der Waals surface area contributed by atoms with Crippen LogP contribution >= 0.6 is 0 Å². The van der Waals surface area contributed by atoms with E-state index in [1.165, 1.54) is 0 Å². The average molecular weight is 235 g/mol. The highest BCUT2D eigenvalue weighted by atomic mass is 16.5. The van der Waals surface area contributed by atoms with Gasteiger partial charge in [0.2, 0.25) is 0 Å². The Hall–Kier alpha value is -1.55. The molecule has 1 aromatic rings. The van der Waals surface area contributed by atoms with E-state index in [0.29, 0.717) is 11.3 Å². The summed E-state index contributed by atoms with van der Waals surface area (Å²) >= 11 is 0. The Balaban J connectivity index is 2.63. The van der Waals surface area contributed by atoms with E-state index in [9.17, 15) is 4.79 Å². The normalized spacial score (nSPS) is 13.4. The molecule has 0 atom stereocenters. The van der Waals surface area contributed by atoms with Crippen LogP contribution in [0.25, 0.3) is 0 Å². The predicted molar refractivity (Wildman–Crippen MR) is 65.0 cm³/mol. The number of rotatable bonds is 4. The molecule has 0 radical (unpaired) electrons. The van der Waals surface area contributed by atoms with E-state index in [-0.39, 0.29) is 12.3 Å². The summed E-state index contributed by atoms with van der Waals surface area (Å²) in [5.74, 6) is 1.33. The Morgan fingerprint density at radius 3 is 2.59 bits per heavy atom. The molecule has 0 heterocycles. The van der Waals surface area contributed by atoms with Crippen LogP contribution < -0.4 is 15.2 Å². The molecule has 0 spiro atoms. The van der Waals surface area contributed by atoms with Gasteiger partial charge in [-0.2, -0.15) is 0 Å². The van der Waals surface area contributed by atoms with E-state index < -0.39 is 0 Å². The van der Waals surface area contributed by atoms with Crippen LogP contribution in [0.1, 0.15) is 27.9 Å². The van der Waals surface area contributed by atoms with E-state index in [1.807, 2.05) is 0 Å². The Labute approximate surface area is 101 Å². The topological polar surface area (TPSA) is 61.5 Å². The lowest BCUT2D eigenvalue weighted by molar-refractivity contribution is 0.0998. The highest BCUT2D eigenvalue weighted by Crippen LogP contribution is 2.39. The second-order valence-corrected chi connectivity index (χ2v) is 4.10. The maximum Gasteiger partial charge on any atom is 0.180 e. The van der Waals surface area contributed by atoms with Crippen molar-refractivity contribution in [1.29, 1.82) is 0 Å². The molecule has 4 heteroatoms. The maximum absolute atomic E-state index is 11.8. The van der Waals surface area contributed by atoms with E-state index in [1.54, 1.807) is 20.3 Å². The molecule has 1 aromatic carbocycles. The zero-order valence-corrected chi connectivity index (χ0v) is 10.2. The predicted octanol–water partition coefficient (Wildman–Crippen LogP) is 1.33. The van der Waals surface area contributed by atoms with Crippen LogP contribution in [0, 0.1) is 0 Å². The molecule has 0 bridgehead atoms. The minimum Gasteiger partial charge on any atom is -0.496 e. The second kappa shape index (κ2) is 4.75. The fourth-order valence-electron chi connectivity index (χ4n) is 2.44. The van der Waals surface area contributed by atoms with Crippen molar-refractivity contribution in [3.8, 4) is 11.5 Å². The van der Waals surface area contributed by atoms with Gasteiger partial charge in [-0.25, -0.2) is 0 Å². The highest BCUT2D eigenvalue weighted by Gasteiger charge is 2.25. The third-order valence-electron chi connectivity index (χ3n) is 3.22. The first-order valence-electron chi connectivity index (χ1n) is 5.73. The van der Waals surface area contributed by atoms with Gasteiger partial charge < -0.3 is 15.2 Å². The van der Waals surface area contributed by atoms with Crippen LogP contribution in [-0.2, 0) is 12.8 Å². The van der Waals surface area contributed by atoms with Crippen molar-refractivity contribution in [3.63, 3.8) is 0 Å². The molecular formula is C13H17NO3. The molecule has 0 aromatic heterocycles. The van der Waals surface area contributed by atoms with Gasteiger partial charge in [0, 0.05) is 11.1 Å². The number of ether oxygens (including phenoxy) is 2. The number of carbonyl (C=O) groups excluding carboxylic acids is 1. The molecule has 1 aliphatic rings. The number of ketones is 1. The summed E-state index contributed by atoms with van der Waals surface area (Å²) in [7, 11) is 3.21. The molecule has 1 aliphatic carbocycles. The average Bonchev–Trinajstić information content (AvgIpc) is 2.84. The minimum absolute atomic E-state index is 0.0156. The molecule has 0 amide bonds. The molecule has 0 saturated carbocycles. The standard InChI is InChI=1S/C13H17NO3/c1-16-12-6-10(11(15)7-14)13(17-2)9-5-3-4-8(9)12/h6H,3-5,7,14H2,1-2H3. The van der Waals surface area contributed by atoms with Gasteiger partial charge in [-0.1, -0.05) is 0 Å². The van der Waals surface area contributed by atoms with Crippen molar-refractivity contribution >= 4 is 5.78 Å². The summed E-state index contributed by atoms with van der Waals surface area (Å²) in [5, 5.41) is 0. The van der Waals surface area contributed by atoms with Crippen LogP contribution in [0.4, 0.5) is 0 Å². The monoisotopic (exact) mass is 235 g/mol. The molecule has 0 unspecified atom stereocenters. The number of benzene rings is 1. The van der Waals surface area contributed by atoms with Gasteiger partial charge >= 0.3 is 0 Å². The van der Waals surface area contributed by atoms with E-state index in [0.717, 1.165) is 36.1 Å². The number of hydrogen-bond acceptors (Lipinski definition) is 4. The first-order valence-corrected chi connectivity index (χ1v) is 5.73. The molecular weight excluding hydrogens is 218 g/mol. The first kappa shape index (κ1) is 11.9. The maximum atomic E-state index is 11.8. The van der Waals surface area contributed by atoms with Crippen molar-refractivity contribution in [3.05, 3.63) is 22.8 Å². The summed E-state index contributed by atoms with van der Waals surface area (Å²) in [5.41, 5.74) is 8.22. The molecule has 4 nitrogen and oxygen atoms in total. The summed E-state index contributed by atoms with van der Waals surface area (Å²) in [6, 6.07) is 1.75. The van der Waals surface area contributed by atoms with Gasteiger partial charge in [0.05, 0.1) is 26.3 Å². The van der Waals surface area contributed by atoms with Crippen LogP contribution in [0.15, 0.2) is 6.07 Å². The summed E-state index contributed by atoms with van der Waals surface area (Å²) in [4.78, 5) is 11.8. The zero-order chi connectivity index (χ0) is 12.4. The quantitative estimate of drug-likeness (QED) is 0.800. The van der Waals surface area contributed by atoms with Gasteiger partial charge in [0.25, 0.3) is 0 Å². The van der Waals surface area contributed by atoms with Gasteiger partial charge in [-0.3, -0.25) is 4.79 Å². The van der Waals surface area contributed by atoms with Crippen LogP contribution in [0.3, 0.4) is 0 Å². The Morgan fingerprint density at radius 2 is 2.00 bits per heavy atom. The lowest BCUT2D eigenvalue weighted by Crippen LogP contribution is -2.15. The van der Waals surface area contributed by atoms with E-state index in [2.05, 4.69) is 0 Å². The molecule has 2 N–H and O–H groups in total. The van der Waals surface area contributed by atoms with Gasteiger partial charge in [-0.05, 0) is 25.3 Å². The molecule has 0 saturated heterocycles. The fourth-order valence-corrected chi connectivity index (χ4v) is 2.44. The lowest BCUT2D eigenvalue weighted by atomic mass is 10.0. The van der Waals surface area contributed by atoms with Gasteiger partial charge in [0.1, 0.15) is 11.5 Å². The van der Waals surface area contributed by atoms with Gasteiger partial charge in [0.15, 0.2) is 5.78 Å². The first-order chi connectivity index (χ1) is 8.22. The third kappa shape index (κ3) is 1.89. The van der Waals surface area contributed by atoms with Crippen molar-refractivity contribution in [1.82, 2.24) is 0 Å².